The first-order valence-corrected chi connectivity index (χ1v) is 6.68. The fraction of sp³-hybridized carbons (Fsp3) is 0.571. The summed E-state index contributed by atoms with van der Waals surface area (Å²) in [5.74, 6) is 0.379. The fourth-order valence-corrected chi connectivity index (χ4v) is 2.56. The Morgan fingerprint density at radius 3 is 2.47 bits per heavy atom. The van der Waals surface area contributed by atoms with Crippen molar-refractivity contribution in [3.05, 3.63) is 23.9 Å². The minimum absolute atomic E-state index is 0. The van der Waals surface area contributed by atoms with Crippen molar-refractivity contribution in [1.82, 2.24) is 9.88 Å². The van der Waals surface area contributed by atoms with Gasteiger partial charge in [-0.05, 0) is 25.0 Å². The lowest BCUT2D eigenvalue weighted by molar-refractivity contribution is 0.0712. The summed E-state index contributed by atoms with van der Waals surface area (Å²) in [5.41, 5.74) is 6.06. The Morgan fingerprint density at radius 2 is 1.89 bits per heavy atom. The van der Waals surface area contributed by atoms with Gasteiger partial charge in [-0.15, -0.1) is 12.4 Å². The summed E-state index contributed by atoms with van der Waals surface area (Å²) >= 11 is 0. The largest absolute Gasteiger partial charge is 0.384 e. The van der Waals surface area contributed by atoms with Gasteiger partial charge in [-0.2, -0.15) is 0 Å². The summed E-state index contributed by atoms with van der Waals surface area (Å²) in [4.78, 5) is 18.3. The van der Waals surface area contributed by atoms with Gasteiger partial charge in [0.05, 0.1) is 0 Å². The molecule has 0 unspecified atom stereocenters. The molecule has 0 bridgehead atoms. The summed E-state index contributed by atoms with van der Waals surface area (Å²) < 4.78 is 0. The Morgan fingerprint density at radius 1 is 1.26 bits per heavy atom. The van der Waals surface area contributed by atoms with Gasteiger partial charge in [0.25, 0.3) is 5.91 Å². The van der Waals surface area contributed by atoms with Crippen LogP contribution in [0.15, 0.2) is 18.2 Å². The van der Waals surface area contributed by atoms with Crippen LogP contribution in [0.5, 0.6) is 0 Å². The van der Waals surface area contributed by atoms with Gasteiger partial charge in [-0.1, -0.05) is 31.7 Å². The summed E-state index contributed by atoms with van der Waals surface area (Å²) in [7, 11) is 1.88. The van der Waals surface area contributed by atoms with Crippen molar-refractivity contribution in [2.75, 3.05) is 12.8 Å². The van der Waals surface area contributed by atoms with Gasteiger partial charge in [0, 0.05) is 13.1 Å². The van der Waals surface area contributed by atoms with E-state index in [4.69, 9.17) is 5.73 Å². The molecule has 1 aliphatic rings. The average molecular weight is 284 g/mol. The number of carbonyl (C=O) groups excluding carboxylic acids is 1. The van der Waals surface area contributed by atoms with Gasteiger partial charge in [0.1, 0.15) is 11.5 Å². The van der Waals surface area contributed by atoms with Crippen molar-refractivity contribution >= 4 is 24.1 Å². The maximum atomic E-state index is 12.3. The van der Waals surface area contributed by atoms with Gasteiger partial charge in [-0.3, -0.25) is 4.79 Å². The SMILES string of the molecule is CN(C(=O)c1cccc(N)n1)C1CCCCCC1.Cl. The van der Waals surface area contributed by atoms with Gasteiger partial charge >= 0.3 is 0 Å². The second-order valence-electron chi connectivity index (χ2n) is 5.01. The molecule has 2 N–H and O–H groups in total. The molecule has 1 saturated carbocycles. The first kappa shape index (κ1) is 15.8. The third-order valence-electron chi connectivity index (χ3n) is 3.68. The lowest BCUT2D eigenvalue weighted by atomic mass is 10.1. The number of carbonyl (C=O) groups is 1. The number of nitrogens with two attached hydrogens (primary N) is 1. The van der Waals surface area contributed by atoms with Crippen LogP contribution in [0.2, 0.25) is 0 Å². The zero-order chi connectivity index (χ0) is 13.0. The number of rotatable bonds is 2. The molecular formula is C14H22ClN3O. The highest BCUT2D eigenvalue weighted by Crippen LogP contribution is 2.22. The van der Waals surface area contributed by atoms with Crippen molar-refractivity contribution < 1.29 is 4.79 Å². The molecule has 0 radical (unpaired) electrons. The van der Waals surface area contributed by atoms with Gasteiger partial charge in [-0.25, -0.2) is 4.98 Å². The van der Waals surface area contributed by atoms with E-state index in [2.05, 4.69) is 4.98 Å². The zero-order valence-electron chi connectivity index (χ0n) is 11.3. The maximum Gasteiger partial charge on any atom is 0.272 e. The van der Waals surface area contributed by atoms with Crippen molar-refractivity contribution in [2.24, 2.45) is 0 Å². The standard InChI is InChI=1S/C14H21N3O.ClH/c1-17(11-7-4-2-3-5-8-11)14(18)12-9-6-10-13(15)16-12;/h6,9-11H,2-5,7-8H2,1H3,(H2,15,16);1H. The molecule has 19 heavy (non-hydrogen) atoms. The second-order valence-corrected chi connectivity index (χ2v) is 5.01. The predicted octanol–water partition coefficient (Wildman–Crippen LogP) is 2.88. The highest BCUT2D eigenvalue weighted by Gasteiger charge is 2.22. The first-order chi connectivity index (χ1) is 8.68. The minimum atomic E-state index is -0.0193. The number of anilines is 1. The van der Waals surface area contributed by atoms with Crippen molar-refractivity contribution in [2.45, 2.75) is 44.6 Å². The molecule has 5 heteroatoms. The van der Waals surface area contributed by atoms with Crippen LogP contribution in [0, 0.1) is 0 Å². The normalized spacial score (nSPS) is 16.3. The van der Waals surface area contributed by atoms with E-state index in [1.807, 2.05) is 11.9 Å². The van der Waals surface area contributed by atoms with E-state index in [1.54, 1.807) is 18.2 Å². The second kappa shape index (κ2) is 7.34. The third kappa shape index (κ3) is 4.10. The van der Waals surface area contributed by atoms with Crippen LogP contribution in [0.1, 0.15) is 49.0 Å². The van der Waals surface area contributed by atoms with Crippen molar-refractivity contribution in [3.63, 3.8) is 0 Å². The Balaban J connectivity index is 0.00000180. The van der Waals surface area contributed by atoms with E-state index >= 15 is 0 Å². The summed E-state index contributed by atoms with van der Waals surface area (Å²) in [6.45, 7) is 0. The molecule has 4 nitrogen and oxygen atoms in total. The van der Waals surface area contributed by atoms with Crippen LogP contribution in [-0.4, -0.2) is 28.9 Å². The van der Waals surface area contributed by atoms with E-state index in [0.29, 0.717) is 17.6 Å². The number of hydrogen-bond acceptors (Lipinski definition) is 3. The summed E-state index contributed by atoms with van der Waals surface area (Å²) in [5, 5.41) is 0. The van der Waals surface area contributed by atoms with E-state index in [1.165, 1.54) is 25.7 Å². The van der Waals surface area contributed by atoms with E-state index in [0.717, 1.165) is 12.8 Å². The van der Waals surface area contributed by atoms with E-state index in [9.17, 15) is 4.79 Å². The van der Waals surface area contributed by atoms with E-state index < -0.39 is 0 Å². The molecule has 1 fully saturated rings. The number of hydrogen-bond donors (Lipinski definition) is 1. The summed E-state index contributed by atoms with van der Waals surface area (Å²) in [6, 6.07) is 5.55. The number of nitrogen functional groups attached to an aromatic ring is 1. The van der Waals surface area contributed by atoms with Gasteiger partial charge in [0.15, 0.2) is 0 Å². The van der Waals surface area contributed by atoms with Crippen molar-refractivity contribution in [1.29, 1.82) is 0 Å². The molecular weight excluding hydrogens is 262 g/mol. The monoisotopic (exact) mass is 283 g/mol. The number of pyridine rings is 1. The third-order valence-corrected chi connectivity index (χ3v) is 3.68. The highest BCUT2D eigenvalue weighted by molar-refractivity contribution is 5.92. The maximum absolute atomic E-state index is 12.3. The quantitative estimate of drug-likeness (QED) is 0.849. The molecule has 1 aromatic rings. The number of aromatic nitrogens is 1. The van der Waals surface area contributed by atoms with Gasteiger partial charge in [0.2, 0.25) is 0 Å². The minimum Gasteiger partial charge on any atom is -0.384 e. The van der Waals surface area contributed by atoms with Crippen LogP contribution in [0.25, 0.3) is 0 Å². The number of halogens is 1. The molecule has 1 heterocycles. The lowest BCUT2D eigenvalue weighted by Gasteiger charge is -2.26. The smallest absolute Gasteiger partial charge is 0.272 e. The molecule has 1 aliphatic carbocycles. The zero-order valence-corrected chi connectivity index (χ0v) is 12.2. The van der Waals surface area contributed by atoms with Crippen molar-refractivity contribution in [3.8, 4) is 0 Å². The molecule has 1 amide bonds. The fourth-order valence-electron chi connectivity index (χ4n) is 2.56. The molecule has 106 valence electrons. The lowest BCUT2D eigenvalue weighted by Crippen LogP contribution is -2.37. The average Bonchev–Trinajstić information content (AvgIpc) is 2.66. The Kier molecular flexibility index (Phi) is 6.09. The number of amides is 1. The highest BCUT2D eigenvalue weighted by atomic mass is 35.5. The molecule has 0 atom stereocenters. The molecule has 0 aliphatic heterocycles. The Bertz CT molecular complexity index is 417. The predicted molar refractivity (Wildman–Crippen MR) is 79.5 cm³/mol. The molecule has 0 aromatic carbocycles. The molecule has 1 aromatic heterocycles. The first-order valence-electron chi connectivity index (χ1n) is 6.68. The topological polar surface area (TPSA) is 59.2 Å². The molecule has 0 saturated heterocycles. The van der Waals surface area contributed by atoms with Crippen LogP contribution in [-0.2, 0) is 0 Å². The Labute approximate surface area is 120 Å². The Hall–Kier alpha value is -1.29. The van der Waals surface area contributed by atoms with Crippen LogP contribution >= 0.6 is 12.4 Å². The van der Waals surface area contributed by atoms with Crippen LogP contribution < -0.4 is 5.73 Å². The van der Waals surface area contributed by atoms with Crippen LogP contribution in [0.4, 0.5) is 5.82 Å². The van der Waals surface area contributed by atoms with Gasteiger partial charge < -0.3 is 10.6 Å². The molecule has 2 rings (SSSR count). The van der Waals surface area contributed by atoms with E-state index in [-0.39, 0.29) is 18.3 Å². The summed E-state index contributed by atoms with van der Waals surface area (Å²) in [6.07, 6.45) is 7.21. The van der Waals surface area contributed by atoms with Crippen LogP contribution in [0.3, 0.4) is 0 Å². The molecule has 0 spiro atoms. The number of nitrogens with zero attached hydrogens (tertiary/aromatic N) is 2.